The van der Waals surface area contributed by atoms with Crippen LogP contribution in [0, 0.1) is 0 Å². The lowest BCUT2D eigenvalue weighted by Crippen LogP contribution is -2.24. The van der Waals surface area contributed by atoms with Crippen LogP contribution in [0.1, 0.15) is 49.4 Å². The van der Waals surface area contributed by atoms with Crippen molar-refractivity contribution in [3.8, 4) is 0 Å². The zero-order valence-electron chi connectivity index (χ0n) is 16.1. The lowest BCUT2D eigenvalue weighted by atomic mass is 10.2. The molecule has 7 nitrogen and oxygen atoms in total. The van der Waals surface area contributed by atoms with Crippen LogP contribution < -0.4 is 5.56 Å². The summed E-state index contributed by atoms with van der Waals surface area (Å²) in [7, 11) is 0. The van der Waals surface area contributed by atoms with Crippen LogP contribution in [0.3, 0.4) is 0 Å². The molecular formula is C20H19ClN4O3S. The second-order valence-corrected chi connectivity index (χ2v) is 8.68. The van der Waals surface area contributed by atoms with Crippen molar-refractivity contribution in [2.45, 2.75) is 43.6 Å². The quantitative estimate of drug-likeness (QED) is 0.312. The first kappa shape index (κ1) is 19.7. The third-order valence-corrected chi connectivity index (χ3v) is 5.69. The van der Waals surface area contributed by atoms with Gasteiger partial charge in [0.15, 0.2) is 11.0 Å². The highest BCUT2D eigenvalue weighted by Crippen LogP contribution is 2.34. The summed E-state index contributed by atoms with van der Waals surface area (Å²) in [5.74, 6) is 1.97. The van der Waals surface area contributed by atoms with E-state index >= 15 is 0 Å². The molecule has 0 amide bonds. The fourth-order valence-corrected chi connectivity index (χ4v) is 3.92. The second-order valence-electron chi connectivity index (χ2n) is 6.93. The van der Waals surface area contributed by atoms with Crippen LogP contribution in [0.5, 0.6) is 0 Å². The highest BCUT2D eigenvalue weighted by Gasteiger charge is 2.21. The van der Waals surface area contributed by atoms with E-state index in [9.17, 15) is 4.79 Å². The number of rotatable bonds is 6. The fourth-order valence-electron chi connectivity index (χ4n) is 2.82. The van der Waals surface area contributed by atoms with Gasteiger partial charge in [-0.1, -0.05) is 42.4 Å². The van der Waals surface area contributed by atoms with E-state index in [-0.39, 0.29) is 23.3 Å². The molecule has 1 unspecified atom stereocenters. The molecule has 0 bridgehead atoms. The summed E-state index contributed by atoms with van der Waals surface area (Å²) in [6.45, 7) is 6.21. The van der Waals surface area contributed by atoms with Gasteiger partial charge < -0.3 is 8.94 Å². The average Bonchev–Trinajstić information content (AvgIpc) is 3.36. The Bertz CT molecular complexity index is 1200. The monoisotopic (exact) mass is 430 g/mol. The van der Waals surface area contributed by atoms with Gasteiger partial charge in [0.2, 0.25) is 5.89 Å². The topological polar surface area (TPSA) is 87.0 Å². The van der Waals surface area contributed by atoms with Gasteiger partial charge in [-0.3, -0.25) is 9.36 Å². The smallest absolute Gasteiger partial charge is 0.262 e. The van der Waals surface area contributed by atoms with E-state index in [2.05, 4.69) is 10.1 Å². The second kappa shape index (κ2) is 8.04. The maximum atomic E-state index is 13.2. The minimum Gasteiger partial charge on any atom is -0.467 e. The molecule has 29 heavy (non-hydrogen) atoms. The zero-order valence-corrected chi connectivity index (χ0v) is 17.7. The summed E-state index contributed by atoms with van der Waals surface area (Å²) >= 11 is 7.48. The van der Waals surface area contributed by atoms with Crippen molar-refractivity contribution in [2.24, 2.45) is 0 Å². The standard InChI is InChI=1S/C20H19ClN4O3S/c1-11(2)17-23-18(28-24-17)12(3)29-20-22-16-9-13(21)6-7-15(16)19(26)25(20)10-14-5-4-8-27-14/h4-9,11-12H,10H2,1-3H3. The molecule has 0 saturated carbocycles. The van der Waals surface area contributed by atoms with Crippen molar-refractivity contribution in [3.63, 3.8) is 0 Å². The molecule has 0 spiro atoms. The largest absolute Gasteiger partial charge is 0.467 e. The number of fused-ring (bicyclic) bond motifs is 1. The molecule has 0 aliphatic carbocycles. The van der Waals surface area contributed by atoms with Crippen molar-refractivity contribution in [1.82, 2.24) is 19.7 Å². The molecule has 0 saturated heterocycles. The van der Waals surface area contributed by atoms with Crippen molar-refractivity contribution in [2.75, 3.05) is 0 Å². The van der Waals surface area contributed by atoms with Gasteiger partial charge >= 0.3 is 0 Å². The molecular weight excluding hydrogens is 412 g/mol. The van der Waals surface area contributed by atoms with Crippen LogP contribution in [0.25, 0.3) is 10.9 Å². The van der Waals surface area contributed by atoms with Gasteiger partial charge in [0.05, 0.1) is 29.0 Å². The lowest BCUT2D eigenvalue weighted by Gasteiger charge is -2.14. The number of aromatic nitrogens is 4. The Kier molecular flexibility index (Phi) is 5.47. The van der Waals surface area contributed by atoms with Gasteiger partial charge in [-0.25, -0.2) is 4.98 Å². The van der Waals surface area contributed by atoms with Crippen molar-refractivity contribution in [3.05, 3.63) is 69.4 Å². The van der Waals surface area contributed by atoms with E-state index in [1.165, 1.54) is 11.8 Å². The molecule has 0 fully saturated rings. The SMILES string of the molecule is CC(C)c1noc(C(C)Sc2nc3cc(Cl)ccc3c(=O)n2Cc2ccco2)n1. The maximum absolute atomic E-state index is 13.2. The molecule has 150 valence electrons. The summed E-state index contributed by atoms with van der Waals surface area (Å²) in [6.07, 6.45) is 1.58. The third-order valence-electron chi connectivity index (χ3n) is 4.38. The normalized spacial score (nSPS) is 12.7. The van der Waals surface area contributed by atoms with Crippen LogP contribution in [0.15, 0.2) is 55.5 Å². The van der Waals surface area contributed by atoms with Crippen LogP contribution in [0.2, 0.25) is 5.02 Å². The first-order valence-corrected chi connectivity index (χ1v) is 10.4. The number of nitrogens with zero attached hydrogens (tertiary/aromatic N) is 4. The van der Waals surface area contributed by atoms with Gasteiger partial charge in [0, 0.05) is 10.9 Å². The molecule has 0 N–H and O–H groups in total. The minimum atomic E-state index is -0.193. The molecule has 4 aromatic rings. The maximum Gasteiger partial charge on any atom is 0.262 e. The van der Waals surface area contributed by atoms with Crippen LogP contribution in [-0.2, 0) is 6.54 Å². The molecule has 9 heteroatoms. The summed E-state index contributed by atoms with van der Waals surface area (Å²) in [5.41, 5.74) is 0.382. The van der Waals surface area contributed by atoms with E-state index in [1.807, 2.05) is 26.8 Å². The summed E-state index contributed by atoms with van der Waals surface area (Å²) in [6, 6.07) is 8.68. The van der Waals surface area contributed by atoms with Gasteiger partial charge in [0.25, 0.3) is 5.56 Å². The van der Waals surface area contributed by atoms with Crippen molar-refractivity contribution < 1.29 is 8.94 Å². The van der Waals surface area contributed by atoms with Gasteiger partial charge in [-0.2, -0.15) is 4.98 Å². The van der Waals surface area contributed by atoms with E-state index in [0.717, 1.165) is 0 Å². The Morgan fingerprint density at radius 2 is 2.03 bits per heavy atom. The van der Waals surface area contributed by atoms with E-state index < -0.39 is 0 Å². The number of hydrogen-bond donors (Lipinski definition) is 0. The number of hydrogen-bond acceptors (Lipinski definition) is 7. The molecule has 0 aliphatic heterocycles. The third kappa shape index (κ3) is 4.09. The molecule has 3 aromatic heterocycles. The predicted octanol–water partition coefficient (Wildman–Crippen LogP) is 5.05. The van der Waals surface area contributed by atoms with Gasteiger partial charge in [-0.15, -0.1) is 0 Å². The van der Waals surface area contributed by atoms with Crippen LogP contribution >= 0.6 is 23.4 Å². The molecule has 1 aromatic carbocycles. The Morgan fingerprint density at radius 3 is 2.72 bits per heavy atom. The number of thioether (sulfide) groups is 1. The molecule has 1 atom stereocenters. The zero-order chi connectivity index (χ0) is 20.5. The van der Waals surface area contributed by atoms with E-state index in [0.29, 0.717) is 38.6 Å². The molecule has 0 aliphatic rings. The summed E-state index contributed by atoms with van der Waals surface area (Å²) in [4.78, 5) is 22.3. The molecule has 4 rings (SSSR count). The lowest BCUT2D eigenvalue weighted by molar-refractivity contribution is 0.372. The number of benzene rings is 1. The minimum absolute atomic E-state index is 0.161. The fraction of sp³-hybridized carbons (Fsp3) is 0.300. The Balaban J connectivity index is 1.76. The van der Waals surface area contributed by atoms with Gasteiger partial charge in [-0.05, 0) is 37.3 Å². The van der Waals surface area contributed by atoms with Crippen molar-refractivity contribution in [1.29, 1.82) is 0 Å². The van der Waals surface area contributed by atoms with Crippen LogP contribution in [0.4, 0.5) is 0 Å². The Morgan fingerprint density at radius 1 is 1.21 bits per heavy atom. The highest BCUT2D eigenvalue weighted by atomic mass is 35.5. The average molecular weight is 431 g/mol. The molecule has 0 radical (unpaired) electrons. The van der Waals surface area contributed by atoms with Crippen molar-refractivity contribution >= 4 is 34.3 Å². The Hall–Kier alpha value is -2.58. The summed E-state index contributed by atoms with van der Waals surface area (Å²) in [5, 5.41) is 5.37. The van der Waals surface area contributed by atoms with E-state index in [4.69, 9.17) is 25.5 Å². The summed E-state index contributed by atoms with van der Waals surface area (Å²) < 4.78 is 12.4. The van der Waals surface area contributed by atoms with Crippen LogP contribution in [-0.4, -0.2) is 19.7 Å². The van der Waals surface area contributed by atoms with Gasteiger partial charge in [0.1, 0.15) is 5.76 Å². The molecule has 3 heterocycles. The first-order valence-electron chi connectivity index (χ1n) is 9.15. The highest BCUT2D eigenvalue weighted by molar-refractivity contribution is 7.99. The number of furan rings is 1. The Labute approximate surface area is 176 Å². The van der Waals surface area contributed by atoms with E-state index in [1.54, 1.807) is 35.1 Å². The number of halogens is 1. The predicted molar refractivity (Wildman–Crippen MR) is 111 cm³/mol. The first-order chi connectivity index (χ1) is 13.9.